The Labute approximate surface area is 144 Å². The summed E-state index contributed by atoms with van der Waals surface area (Å²) in [6.07, 6.45) is 7.74. The van der Waals surface area contributed by atoms with Crippen LogP contribution in [-0.2, 0) is 9.59 Å². The standard InChI is InChI=1S/C18H18N4O3/c23-16-13-2-1-3-14(13)21-18(25)15(16)17(24)20-11-4-6-12(7-5-11)22-9-8-19-10-22/h4-10,13-14,23H,1-3H2,(H,20,24)(H,21,25)/t13-,14+/m0/s1. The second-order valence-electron chi connectivity index (χ2n) is 6.35. The minimum Gasteiger partial charge on any atom is -0.511 e. The topological polar surface area (TPSA) is 96.2 Å². The normalized spacial score (nSPS) is 22.5. The number of aromatic nitrogens is 2. The monoisotopic (exact) mass is 338 g/mol. The van der Waals surface area contributed by atoms with Crippen LogP contribution in [0.5, 0.6) is 0 Å². The second-order valence-corrected chi connectivity index (χ2v) is 6.35. The van der Waals surface area contributed by atoms with Crippen LogP contribution in [0.15, 0.2) is 54.3 Å². The van der Waals surface area contributed by atoms with Gasteiger partial charge in [-0.15, -0.1) is 0 Å². The molecule has 2 aliphatic rings. The molecule has 1 aliphatic carbocycles. The molecule has 1 aliphatic heterocycles. The van der Waals surface area contributed by atoms with Gasteiger partial charge in [0.15, 0.2) is 0 Å². The third-order valence-corrected chi connectivity index (χ3v) is 4.82. The smallest absolute Gasteiger partial charge is 0.264 e. The number of rotatable bonds is 3. The molecule has 1 aromatic heterocycles. The number of nitrogens with one attached hydrogen (secondary N) is 2. The lowest BCUT2D eigenvalue weighted by Crippen LogP contribution is -2.46. The predicted octanol–water partition coefficient (Wildman–Crippen LogP) is 1.92. The Morgan fingerprint density at radius 1 is 1.28 bits per heavy atom. The SMILES string of the molecule is O=C(Nc1ccc(-n2ccnc2)cc1)C1=C(O)[C@H]2CCC[C@H]2NC1=O. The molecule has 3 N–H and O–H groups in total. The number of aliphatic hydroxyl groups is 1. The molecule has 1 fully saturated rings. The number of carbonyl (C=O) groups is 2. The number of benzene rings is 1. The van der Waals surface area contributed by atoms with Crippen molar-refractivity contribution in [3.63, 3.8) is 0 Å². The maximum atomic E-state index is 12.5. The first-order valence-corrected chi connectivity index (χ1v) is 8.27. The number of imidazole rings is 1. The Bertz CT molecular complexity index is 840. The van der Waals surface area contributed by atoms with Gasteiger partial charge >= 0.3 is 0 Å². The molecule has 7 nitrogen and oxygen atoms in total. The van der Waals surface area contributed by atoms with E-state index < -0.39 is 11.8 Å². The van der Waals surface area contributed by atoms with E-state index >= 15 is 0 Å². The lowest BCUT2D eigenvalue weighted by Gasteiger charge is -2.27. The summed E-state index contributed by atoms with van der Waals surface area (Å²) in [4.78, 5) is 28.7. The van der Waals surface area contributed by atoms with E-state index in [4.69, 9.17) is 0 Å². The summed E-state index contributed by atoms with van der Waals surface area (Å²) in [5.74, 6) is -1.33. The van der Waals surface area contributed by atoms with E-state index in [2.05, 4.69) is 15.6 Å². The van der Waals surface area contributed by atoms with Crippen LogP contribution in [0.25, 0.3) is 5.69 Å². The quantitative estimate of drug-likeness (QED) is 0.745. The van der Waals surface area contributed by atoms with Crippen molar-refractivity contribution in [2.45, 2.75) is 25.3 Å². The van der Waals surface area contributed by atoms with E-state index in [1.54, 1.807) is 24.7 Å². The fourth-order valence-corrected chi connectivity index (χ4v) is 3.54. The number of amides is 2. The van der Waals surface area contributed by atoms with Crippen molar-refractivity contribution in [2.75, 3.05) is 5.32 Å². The molecular formula is C18H18N4O3. The average Bonchev–Trinajstić information content (AvgIpc) is 3.26. The molecule has 0 radical (unpaired) electrons. The van der Waals surface area contributed by atoms with Crippen LogP contribution in [0.4, 0.5) is 5.69 Å². The van der Waals surface area contributed by atoms with Crippen LogP contribution >= 0.6 is 0 Å². The number of anilines is 1. The Balaban J connectivity index is 1.53. The Kier molecular flexibility index (Phi) is 3.76. The molecule has 2 atom stereocenters. The van der Waals surface area contributed by atoms with Gasteiger partial charge in [-0.3, -0.25) is 9.59 Å². The maximum absolute atomic E-state index is 12.5. The van der Waals surface area contributed by atoms with E-state index in [-0.39, 0.29) is 23.3 Å². The molecule has 128 valence electrons. The van der Waals surface area contributed by atoms with Crippen molar-refractivity contribution in [2.24, 2.45) is 5.92 Å². The summed E-state index contributed by atoms with van der Waals surface area (Å²) in [6, 6.07) is 7.09. The number of fused-ring (bicyclic) bond motifs is 1. The first-order chi connectivity index (χ1) is 12.1. The van der Waals surface area contributed by atoms with Crippen LogP contribution in [-0.4, -0.2) is 32.5 Å². The highest BCUT2D eigenvalue weighted by atomic mass is 16.3. The van der Waals surface area contributed by atoms with E-state index in [0.29, 0.717) is 5.69 Å². The van der Waals surface area contributed by atoms with Crippen molar-refractivity contribution in [1.29, 1.82) is 0 Å². The number of hydrogen-bond donors (Lipinski definition) is 3. The second kappa shape index (κ2) is 6.08. The summed E-state index contributed by atoms with van der Waals surface area (Å²) in [5.41, 5.74) is 1.28. The number of nitrogens with zero attached hydrogens (tertiary/aromatic N) is 2. The van der Waals surface area contributed by atoms with Crippen molar-refractivity contribution in [3.8, 4) is 5.69 Å². The van der Waals surface area contributed by atoms with Crippen molar-refractivity contribution in [3.05, 3.63) is 54.3 Å². The van der Waals surface area contributed by atoms with Crippen LogP contribution < -0.4 is 10.6 Å². The lowest BCUT2D eigenvalue weighted by atomic mass is 9.92. The summed E-state index contributed by atoms with van der Waals surface area (Å²) in [6.45, 7) is 0. The van der Waals surface area contributed by atoms with E-state index in [1.165, 1.54) is 0 Å². The van der Waals surface area contributed by atoms with Crippen molar-refractivity contribution >= 4 is 17.5 Å². The third-order valence-electron chi connectivity index (χ3n) is 4.82. The van der Waals surface area contributed by atoms with E-state index in [9.17, 15) is 14.7 Å². The molecule has 1 saturated carbocycles. The molecule has 1 aromatic carbocycles. The van der Waals surface area contributed by atoms with Crippen LogP contribution in [0.2, 0.25) is 0 Å². The van der Waals surface area contributed by atoms with Gasteiger partial charge < -0.3 is 20.3 Å². The van der Waals surface area contributed by atoms with Gasteiger partial charge in [0.1, 0.15) is 11.3 Å². The summed E-state index contributed by atoms with van der Waals surface area (Å²) in [5, 5.41) is 15.9. The summed E-state index contributed by atoms with van der Waals surface area (Å²) in [7, 11) is 0. The molecule has 7 heteroatoms. The molecule has 0 saturated heterocycles. The predicted molar refractivity (Wildman–Crippen MR) is 91.1 cm³/mol. The van der Waals surface area contributed by atoms with Gasteiger partial charge in [0, 0.05) is 35.7 Å². The minimum atomic E-state index is -0.587. The number of carbonyl (C=O) groups excluding carboxylic acids is 2. The first-order valence-electron chi connectivity index (χ1n) is 8.27. The average molecular weight is 338 g/mol. The molecule has 2 aromatic rings. The lowest BCUT2D eigenvalue weighted by molar-refractivity contribution is -0.123. The summed E-state index contributed by atoms with van der Waals surface area (Å²) < 4.78 is 1.84. The Morgan fingerprint density at radius 3 is 2.80 bits per heavy atom. The maximum Gasteiger partial charge on any atom is 0.264 e. The van der Waals surface area contributed by atoms with Crippen LogP contribution in [0.3, 0.4) is 0 Å². The number of hydrogen-bond acceptors (Lipinski definition) is 4. The molecule has 0 spiro atoms. The summed E-state index contributed by atoms with van der Waals surface area (Å²) >= 11 is 0. The third kappa shape index (κ3) is 2.77. The zero-order valence-electron chi connectivity index (χ0n) is 13.5. The molecule has 2 heterocycles. The molecule has 2 amide bonds. The van der Waals surface area contributed by atoms with Gasteiger partial charge in [-0.05, 0) is 37.1 Å². The molecule has 4 rings (SSSR count). The fraction of sp³-hybridized carbons (Fsp3) is 0.278. The highest BCUT2D eigenvalue weighted by Crippen LogP contribution is 2.35. The van der Waals surface area contributed by atoms with E-state index in [0.717, 1.165) is 24.9 Å². The zero-order chi connectivity index (χ0) is 17.4. The molecule has 25 heavy (non-hydrogen) atoms. The van der Waals surface area contributed by atoms with E-state index in [1.807, 2.05) is 22.9 Å². The van der Waals surface area contributed by atoms with Crippen molar-refractivity contribution in [1.82, 2.24) is 14.9 Å². The number of aliphatic hydroxyl groups excluding tert-OH is 1. The van der Waals surface area contributed by atoms with Crippen LogP contribution in [0.1, 0.15) is 19.3 Å². The highest BCUT2D eigenvalue weighted by molar-refractivity contribution is 6.23. The largest absolute Gasteiger partial charge is 0.511 e. The van der Waals surface area contributed by atoms with Gasteiger partial charge in [-0.1, -0.05) is 6.42 Å². The Morgan fingerprint density at radius 2 is 2.08 bits per heavy atom. The zero-order valence-corrected chi connectivity index (χ0v) is 13.5. The van der Waals surface area contributed by atoms with Crippen molar-refractivity contribution < 1.29 is 14.7 Å². The van der Waals surface area contributed by atoms with Gasteiger partial charge in [0.05, 0.1) is 6.33 Å². The van der Waals surface area contributed by atoms with Gasteiger partial charge in [-0.2, -0.15) is 0 Å². The fourth-order valence-electron chi connectivity index (χ4n) is 3.54. The minimum absolute atomic E-state index is 0.0569. The van der Waals surface area contributed by atoms with Gasteiger partial charge in [0.2, 0.25) is 0 Å². The Hall–Kier alpha value is -3.09. The highest BCUT2D eigenvalue weighted by Gasteiger charge is 2.41. The van der Waals surface area contributed by atoms with Crippen LogP contribution in [0, 0.1) is 5.92 Å². The first kappa shape index (κ1) is 15.4. The van der Waals surface area contributed by atoms with Gasteiger partial charge in [-0.25, -0.2) is 4.98 Å². The van der Waals surface area contributed by atoms with Gasteiger partial charge in [0.25, 0.3) is 11.8 Å². The molecule has 0 bridgehead atoms. The molecular weight excluding hydrogens is 320 g/mol. The molecule has 0 unspecified atom stereocenters.